The molecular formula is C16H16N4O5. The summed E-state index contributed by atoms with van der Waals surface area (Å²) < 4.78 is 0.940. The summed E-state index contributed by atoms with van der Waals surface area (Å²) in [5.41, 5.74) is 10.8. The topological polar surface area (TPSA) is 164 Å². The largest absolute Gasteiger partial charge is 0.508 e. The van der Waals surface area contributed by atoms with Gasteiger partial charge in [0.2, 0.25) is 5.91 Å². The van der Waals surface area contributed by atoms with Gasteiger partial charge in [0, 0.05) is 6.08 Å². The molecule has 1 aromatic carbocycles. The number of nitrogens with one attached hydrogen (secondary N) is 1. The zero-order chi connectivity index (χ0) is 18.6. The fraction of sp³-hybridized carbons (Fsp3) is 0.0625. The van der Waals surface area contributed by atoms with Crippen molar-refractivity contribution in [1.29, 1.82) is 0 Å². The maximum atomic E-state index is 12.4. The van der Waals surface area contributed by atoms with E-state index in [1.807, 2.05) is 0 Å². The van der Waals surface area contributed by atoms with Crippen LogP contribution in [0.2, 0.25) is 0 Å². The minimum Gasteiger partial charge on any atom is -0.508 e. The Bertz CT molecular complexity index is 1010. The van der Waals surface area contributed by atoms with Crippen LogP contribution in [-0.4, -0.2) is 31.6 Å². The molecule has 0 aliphatic rings. The van der Waals surface area contributed by atoms with Crippen molar-refractivity contribution in [2.24, 2.45) is 11.5 Å². The molecule has 130 valence electrons. The number of H-pyrrole nitrogens is 1. The van der Waals surface area contributed by atoms with Crippen molar-refractivity contribution in [3.63, 3.8) is 0 Å². The Morgan fingerprint density at radius 2 is 1.80 bits per heavy atom. The van der Waals surface area contributed by atoms with Crippen LogP contribution in [0.1, 0.15) is 5.56 Å². The van der Waals surface area contributed by atoms with E-state index in [1.165, 1.54) is 24.3 Å². The molecule has 0 aliphatic heterocycles. The fourth-order valence-electron chi connectivity index (χ4n) is 2.10. The Labute approximate surface area is 140 Å². The zero-order valence-corrected chi connectivity index (χ0v) is 13.0. The lowest BCUT2D eigenvalue weighted by Crippen LogP contribution is -2.35. The summed E-state index contributed by atoms with van der Waals surface area (Å²) in [6.45, 7) is -0.612. The van der Waals surface area contributed by atoms with Gasteiger partial charge in [-0.3, -0.25) is 19.0 Å². The van der Waals surface area contributed by atoms with Gasteiger partial charge in [-0.2, -0.15) is 0 Å². The molecule has 0 fully saturated rings. The standard InChI is InChI=1S/C16H16N4O5/c17-11(5-6-13(18)22)15-19-12(16(25)20(15)8-14(23)24)7-9-1-3-10(21)4-2-9/h1-7,19,21H,8,17H2,(H2,18,22)(H,23,24). The first-order chi connectivity index (χ1) is 11.8. The monoisotopic (exact) mass is 344 g/mol. The van der Waals surface area contributed by atoms with E-state index in [9.17, 15) is 19.5 Å². The molecule has 0 saturated heterocycles. The third kappa shape index (κ3) is 4.38. The molecule has 0 atom stereocenters. The van der Waals surface area contributed by atoms with Gasteiger partial charge < -0.3 is 26.7 Å². The number of hydrogen-bond acceptors (Lipinski definition) is 5. The van der Waals surface area contributed by atoms with Crippen molar-refractivity contribution in [3.8, 4) is 5.75 Å². The van der Waals surface area contributed by atoms with Crippen LogP contribution in [0, 0.1) is 0 Å². The van der Waals surface area contributed by atoms with Crippen LogP contribution in [0.3, 0.4) is 0 Å². The molecular weight excluding hydrogens is 328 g/mol. The molecule has 2 aromatic rings. The predicted molar refractivity (Wildman–Crippen MR) is 89.5 cm³/mol. The number of imidazole rings is 1. The summed E-state index contributed by atoms with van der Waals surface area (Å²) >= 11 is 0. The Balaban J connectivity index is 2.70. The van der Waals surface area contributed by atoms with Gasteiger partial charge in [0.05, 0.1) is 5.70 Å². The van der Waals surface area contributed by atoms with Crippen LogP contribution < -0.4 is 27.9 Å². The number of aliphatic carboxylic acids is 1. The second kappa shape index (κ2) is 7.21. The molecule has 0 aliphatic carbocycles. The highest BCUT2D eigenvalue weighted by atomic mass is 16.4. The Kier molecular flexibility index (Phi) is 5.08. The van der Waals surface area contributed by atoms with Gasteiger partial charge in [0.15, 0.2) is 0 Å². The van der Waals surface area contributed by atoms with Crippen molar-refractivity contribution in [3.05, 3.63) is 63.2 Å². The summed E-state index contributed by atoms with van der Waals surface area (Å²) in [7, 11) is 0. The lowest BCUT2D eigenvalue weighted by Gasteiger charge is -1.98. The van der Waals surface area contributed by atoms with Gasteiger partial charge in [-0.25, -0.2) is 0 Å². The first-order valence-corrected chi connectivity index (χ1v) is 7.06. The summed E-state index contributed by atoms with van der Waals surface area (Å²) in [5.74, 6) is -1.90. The van der Waals surface area contributed by atoms with Crippen molar-refractivity contribution in [1.82, 2.24) is 9.55 Å². The molecule has 25 heavy (non-hydrogen) atoms. The van der Waals surface area contributed by atoms with E-state index in [-0.39, 0.29) is 22.3 Å². The number of aromatic hydroxyl groups is 1. The molecule has 2 rings (SSSR count). The van der Waals surface area contributed by atoms with Gasteiger partial charge >= 0.3 is 5.97 Å². The zero-order valence-electron chi connectivity index (χ0n) is 13.0. The predicted octanol–water partition coefficient (Wildman–Crippen LogP) is -2.10. The quantitative estimate of drug-likeness (QED) is 0.390. The highest BCUT2D eigenvalue weighted by Crippen LogP contribution is 2.09. The third-order valence-corrected chi connectivity index (χ3v) is 3.20. The minimum absolute atomic E-state index is 0.0255. The van der Waals surface area contributed by atoms with Crippen LogP contribution in [-0.2, 0) is 16.1 Å². The van der Waals surface area contributed by atoms with Gasteiger partial charge in [0.25, 0.3) is 5.56 Å². The number of hydrogen-bond donors (Lipinski definition) is 5. The number of rotatable bonds is 5. The fourth-order valence-corrected chi connectivity index (χ4v) is 2.10. The molecule has 0 saturated carbocycles. The van der Waals surface area contributed by atoms with E-state index in [0.717, 1.165) is 10.6 Å². The minimum atomic E-state index is -1.23. The Hall–Kier alpha value is -3.75. The van der Waals surface area contributed by atoms with E-state index in [0.29, 0.717) is 5.56 Å². The molecule has 7 N–H and O–H groups in total. The van der Waals surface area contributed by atoms with Crippen LogP contribution in [0.25, 0.3) is 11.8 Å². The second-order valence-electron chi connectivity index (χ2n) is 5.10. The number of carbonyl (C=O) groups is 2. The lowest BCUT2D eigenvalue weighted by molar-refractivity contribution is -0.137. The highest BCUT2D eigenvalue weighted by Gasteiger charge is 2.09. The van der Waals surface area contributed by atoms with Crippen LogP contribution >= 0.6 is 0 Å². The number of nitrogens with two attached hydrogens (primary N) is 2. The Morgan fingerprint density at radius 3 is 2.36 bits per heavy atom. The number of nitrogens with zero attached hydrogens (tertiary/aromatic N) is 1. The molecule has 0 radical (unpaired) electrons. The first-order valence-electron chi connectivity index (χ1n) is 7.06. The van der Waals surface area contributed by atoms with Gasteiger partial charge in [0.1, 0.15) is 23.1 Å². The van der Waals surface area contributed by atoms with E-state index in [4.69, 9.17) is 16.6 Å². The second-order valence-corrected chi connectivity index (χ2v) is 5.10. The third-order valence-electron chi connectivity index (χ3n) is 3.20. The number of aromatic nitrogens is 2. The molecule has 0 unspecified atom stereocenters. The number of amides is 1. The van der Waals surface area contributed by atoms with E-state index < -0.39 is 24.0 Å². The van der Waals surface area contributed by atoms with Crippen molar-refractivity contribution in [2.75, 3.05) is 0 Å². The highest BCUT2D eigenvalue weighted by molar-refractivity contribution is 5.87. The molecule has 1 heterocycles. The summed E-state index contributed by atoms with van der Waals surface area (Å²) in [5, 5.41) is 18.4. The lowest BCUT2D eigenvalue weighted by atomic mass is 10.2. The van der Waals surface area contributed by atoms with E-state index >= 15 is 0 Å². The normalized spacial score (nSPS) is 13.2. The SMILES string of the molecule is NC(=O)C=CC(N)=c1[nH]c(=Cc2ccc(O)cc2)c(=O)n1CC(=O)O. The molecule has 1 amide bonds. The van der Waals surface area contributed by atoms with Crippen molar-refractivity contribution >= 4 is 23.6 Å². The first kappa shape index (κ1) is 17.6. The molecule has 1 aromatic heterocycles. The van der Waals surface area contributed by atoms with E-state index in [2.05, 4.69) is 4.98 Å². The number of primary amides is 1. The molecule has 0 spiro atoms. The number of carboxylic acid groups (broad SMARTS) is 1. The maximum Gasteiger partial charge on any atom is 0.323 e. The van der Waals surface area contributed by atoms with E-state index in [1.54, 1.807) is 12.1 Å². The van der Waals surface area contributed by atoms with Gasteiger partial charge in [-0.05, 0) is 29.8 Å². The van der Waals surface area contributed by atoms with Crippen molar-refractivity contribution < 1.29 is 19.8 Å². The van der Waals surface area contributed by atoms with Gasteiger partial charge in [-0.1, -0.05) is 12.1 Å². The average molecular weight is 344 g/mol. The van der Waals surface area contributed by atoms with Crippen LogP contribution in [0.5, 0.6) is 5.75 Å². The van der Waals surface area contributed by atoms with Crippen molar-refractivity contribution in [2.45, 2.75) is 6.54 Å². The number of carboxylic acids is 1. The molecule has 9 nitrogen and oxygen atoms in total. The maximum absolute atomic E-state index is 12.4. The van der Waals surface area contributed by atoms with Crippen LogP contribution in [0.4, 0.5) is 0 Å². The summed E-state index contributed by atoms with van der Waals surface area (Å²) in [4.78, 5) is 37.0. The average Bonchev–Trinajstić information content (AvgIpc) is 2.83. The Morgan fingerprint density at radius 1 is 1.16 bits per heavy atom. The summed E-state index contributed by atoms with van der Waals surface area (Å²) in [6.07, 6.45) is 3.65. The number of benzene rings is 1. The molecule has 0 bridgehead atoms. The summed E-state index contributed by atoms with van der Waals surface area (Å²) in [6, 6.07) is 6.05. The number of aromatic amines is 1. The van der Waals surface area contributed by atoms with Gasteiger partial charge in [-0.15, -0.1) is 0 Å². The smallest absolute Gasteiger partial charge is 0.323 e. The number of phenolic OH excluding ortho intramolecular Hbond substituents is 1. The molecule has 9 heteroatoms. The van der Waals surface area contributed by atoms with Crippen LogP contribution in [0.15, 0.2) is 41.2 Å². The number of phenols is 1. The number of carbonyl (C=O) groups excluding carboxylic acids is 1.